The summed E-state index contributed by atoms with van der Waals surface area (Å²) in [5.41, 5.74) is 0. The number of carbonyl (C=O) groups excluding carboxylic acids is 2. The van der Waals surface area contributed by atoms with Crippen molar-refractivity contribution in [3.63, 3.8) is 0 Å². The molecule has 0 aliphatic heterocycles. The zero-order valence-electron chi connectivity index (χ0n) is 5.87. The van der Waals surface area contributed by atoms with Gasteiger partial charge in [0.1, 0.15) is 0 Å². The maximum atomic E-state index is 10.3. The molecule has 0 atom stereocenters. The van der Waals surface area contributed by atoms with Crippen LogP contribution < -0.4 is 17.5 Å². The summed E-state index contributed by atoms with van der Waals surface area (Å²) in [5, 5.41) is 9.70. The van der Waals surface area contributed by atoms with Crippen molar-refractivity contribution >= 4 is 11.9 Å². The van der Waals surface area contributed by atoms with E-state index < -0.39 is 11.9 Å². The molecule has 0 aliphatic rings. The molecular weight excluding hydrogens is 172 g/mol. The fourth-order valence-corrected chi connectivity index (χ4v) is 0.326. The van der Waals surface area contributed by atoms with Crippen molar-refractivity contribution in [2.24, 2.45) is 0 Å². The van der Waals surface area contributed by atoms with Crippen molar-refractivity contribution in [3.05, 3.63) is 12.2 Å². The highest BCUT2D eigenvalue weighted by atomic mass is 35.5. The molecule has 0 rings (SSSR count). The second-order valence-electron chi connectivity index (χ2n) is 1.40. The largest absolute Gasteiger partial charge is 1.00 e. The molecule has 64 valence electrons. The van der Waals surface area contributed by atoms with Crippen molar-refractivity contribution in [1.82, 2.24) is 0 Å². The van der Waals surface area contributed by atoms with Gasteiger partial charge in [-0.3, -0.25) is 0 Å². The van der Waals surface area contributed by atoms with Crippen LogP contribution in [-0.2, 0) is 14.3 Å². The maximum Gasteiger partial charge on any atom is 0.330 e. The highest BCUT2D eigenvalue weighted by Crippen LogP contribution is 1.79. The van der Waals surface area contributed by atoms with Gasteiger partial charge in [-0.1, -0.05) is 0 Å². The summed E-state index contributed by atoms with van der Waals surface area (Å²) in [4.78, 5) is 20.0. The Bertz CT molecular complexity index is 164. The lowest BCUT2D eigenvalue weighted by atomic mass is 10.5. The van der Waals surface area contributed by atoms with Crippen LogP contribution in [0.5, 0.6) is 0 Å². The summed E-state index contributed by atoms with van der Waals surface area (Å²) in [7, 11) is 0. The third kappa shape index (κ3) is 8.97. The smallest absolute Gasteiger partial charge is 0.330 e. The first kappa shape index (κ1) is 12.6. The van der Waals surface area contributed by atoms with E-state index in [2.05, 4.69) is 4.74 Å². The minimum Gasteiger partial charge on any atom is -1.00 e. The summed E-state index contributed by atoms with van der Waals surface area (Å²) >= 11 is 0. The van der Waals surface area contributed by atoms with Crippen molar-refractivity contribution < 1.29 is 31.8 Å². The summed E-state index contributed by atoms with van der Waals surface area (Å²) in [5.74, 6) is -2.08. The predicted octanol–water partition coefficient (Wildman–Crippen LogP) is -4.14. The minimum absolute atomic E-state index is 0. The molecule has 5 heteroatoms. The minimum atomic E-state index is -1.41. The maximum absolute atomic E-state index is 10.3. The topological polar surface area (TPSA) is 66.4 Å². The Labute approximate surface area is 70.3 Å². The van der Waals surface area contributed by atoms with Gasteiger partial charge in [-0.2, -0.15) is 0 Å². The van der Waals surface area contributed by atoms with Crippen molar-refractivity contribution in [2.45, 2.75) is 6.92 Å². The van der Waals surface area contributed by atoms with Gasteiger partial charge in [-0.05, 0) is 13.0 Å². The Morgan fingerprint density at radius 2 is 2.00 bits per heavy atom. The third-order valence-electron chi connectivity index (χ3n) is 0.642. The van der Waals surface area contributed by atoms with Crippen molar-refractivity contribution in [3.8, 4) is 0 Å². The van der Waals surface area contributed by atoms with E-state index in [0.29, 0.717) is 6.08 Å². The van der Waals surface area contributed by atoms with Crippen LogP contribution >= 0.6 is 0 Å². The lowest BCUT2D eigenvalue weighted by Gasteiger charge is -1.94. The van der Waals surface area contributed by atoms with Crippen LogP contribution in [0.2, 0.25) is 0 Å². The van der Waals surface area contributed by atoms with Gasteiger partial charge in [-0.25, -0.2) is 4.79 Å². The van der Waals surface area contributed by atoms with E-state index in [-0.39, 0.29) is 19.0 Å². The van der Waals surface area contributed by atoms with Gasteiger partial charge < -0.3 is 27.0 Å². The number of hydrogen-bond donors (Lipinski definition) is 0. The zero-order valence-corrected chi connectivity index (χ0v) is 6.63. The molecule has 0 heterocycles. The Kier molecular flexibility index (Phi) is 8.13. The van der Waals surface area contributed by atoms with E-state index in [1.54, 1.807) is 6.92 Å². The Balaban J connectivity index is 0. The second kappa shape index (κ2) is 7.08. The molecule has 0 bridgehead atoms. The van der Waals surface area contributed by atoms with E-state index in [1.165, 1.54) is 0 Å². The predicted molar refractivity (Wildman–Crippen MR) is 30.8 cm³/mol. The average molecular weight is 179 g/mol. The van der Waals surface area contributed by atoms with E-state index in [9.17, 15) is 14.7 Å². The number of rotatable bonds is 3. The Hall–Kier alpha value is -1.03. The Morgan fingerprint density at radius 3 is 2.36 bits per heavy atom. The first-order chi connectivity index (χ1) is 4.66. The molecule has 0 spiro atoms. The number of esters is 1. The van der Waals surface area contributed by atoms with E-state index in [0.717, 1.165) is 6.08 Å². The standard InChI is InChI=1S/C6H8O4.ClH/c1-2-10-6(9)4-3-5(7)8;/h3-4H,2H2,1H3,(H,7,8);1H/p-2/b4-3+;. The number of carboxylic acid groups (broad SMARTS) is 1. The molecule has 0 aromatic carbocycles. The molecular formula is C6H7ClO4-2. The van der Waals surface area contributed by atoms with Gasteiger partial charge in [-0.15, -0.1) is 0 Å². The molecule has 0 saturated heterocycles. The molecule has 0 unspecified atom stereocenters. The number of halogens is 1. The lowest BCUT2D eigenvalue weighted by Crippen LogP contribution is -3.00. The van der Waals surface area contributed by atoms with Gasteiger partial charge >= 0.3 is 5.97 Å². The second-order valence-corrected chi connectivity index (χ2v) is 1.40. The molecule has 0 aliphatic carbocycles. The Morgan fingerprint density at radius 1 is 1.45 bits per heavy atom. The molecule has 0 saturated carbocycles. The number of ether oxygens (including phenoxy) is 1. The first-order valence-corrected chi connectivity index (χ1v) is 2.72. The molecule has 0 radical (unpaired) electrons. The monoisotopic (exact) mass is 178 g/mol. The van der Waals surface area contributed by atoms with Gasteiger partial charge in [0.15, 0.2) is 0 Å². The van der Waals surface area contributed by atoms with E-state index in [1.807, 2.05) is 0 Å². The SMILES string of the molecule is CCOC(=O)/C=C/C(=O)[O-].[Cl-]. The molecule has 0 N–H and O–H groups in total. The van der Waals surface area contributed by atoms with Crippen LogP contribution in [0.4, 0.5) is 0 Å². The molecule has 0 aromatic heterocycles. The van der Waals surface area contributed by atoms with Gasteiger partial charge in [0.2, 0.25) is 0 Å². The summed E-state index contributed by atoms with van der Waals surface area (Å²) < 4.78 is 4.38. The molecule has 11 heavy (non-hydrogen) atoms. The van der Waals surface area contributed by atoms with Crippen LogP contribution in [0.1, 0.15) is 6.92 Å². The summed E-state index contributed by atoms with van der Waals surface area (Å²) in [6.45, 7) is 1.86. The number of hydrogen-bond acceptors (Lipinski definition) is 4. The van der Waals surface area contributed by atoms with Gasteiger partial charge in [0, 0.05) is 6.08 Å². The quantitative estimate of drug-likeness (QED) is 0.325. The summed E-state index contributed by atoms with van der Waals surface area (Å²) in [6, 6.07) is 0. The van der Waals surface area contributed by atoms with Crippen LogP contribution in [0.25, 0.3) is 0 Å². The van der Waals surface area contributed by atoms with Crippen LogP contribution in [0, 0.1) is 0 Å². The van der Waals surface area contributed by atoms with Gasteiger partial charge in [0.05, 0.1) is 12.6 Å². The molecule has 0 amide bonds. The number of carboxylic acids is 1. The number of aliphatic carboxylic acids is 1. The summed E-state index contributed by atoms with van der Waals surface area (Å²) in [6.07, 6.45) is 1.43. The molecule has 4 nitrogen and oxygen atoms in total. The number of carbonyl (C=O) groups is 2. The lowest BCUT2D eigenvalue weighted by molar-refractivity contribution is -0.297. The fourth-order valence-electron chi connectivity index (χ4n) is 0.326. The third-order valence-corrected chi connectivity index (χ3v) is 0.642. The molecule has 0 aromatic rings. The highest BCUT2D eigenvalue weighted by molar-refractivity contribution is 5.89. The van der Waals surface area contributed by atoms with E-state index >= 15 is 0 Å². The highest BCUT2D eigenvalue weighted by Gasteiger charge is 1.90. The molecule has 0 fully saturated rings. The van der Waals surface area contributed by atoms with Crippen LogP contribution in [-0.4, -0.2) is 18.5 Å². The van der Waals surface area contributed by atoms with Crippen LogP contribution in [0.15, 0.2) is 12.2 Å². The van der Waals surface area contributed by atoms with E-state index in [4.69, 9.17) is 0 Å². The average Bonchev–Trinajstić information content (AvgIpc) is 1.85. The van der Waals surface area contributed by atoms with Crippen LogP contribution in [0.3, 0.4) is 0 Å². The zero-order chi connectivity index (χ0) is 7.98. The van der Waals surface area contributed by atoms with Gasteiger partial charge in [0.25, 0.3) is 0 Å². The normalized spacial score (nSPS) is 8.82. The fraction of sp³-hybridized carbons (Fsp3) is 0.333. The first-order valence-electron chi connectivity index (χ1n) is 2.72. The van der Waals surface area contributed by atoms with Crippen molar-refractivity contribution in [2.75, 3.05) is 6.61 Å². The van der Waals surface area contributed by atoms with Crippen molar-refractivity contribution in [1.29, 1.82) is 0 Å².